The van der Waals surface area contributed by atoms with E-state index in [2.05, 4.69) is 25.7 Å². The predicted octanol–water partition coefficient (Wildman–Crippen LogP) is 2.86. The van der Waals surface area contributed by atoms with Gasteiger partial charge in [0.05, 0.1) is 16.1 Å². The number of rotatable bonds is 3. The molecule has 16 heavy (non-hydrogen) atoms. The Morgan fingerprint density at radius 3 is 2.44 bits per heavy atom. The molecule has 84 valence electrons. The minimum atomic E-state index is -0.142. The van der Waals surface area contributed by atoms with Crippen LogP contribution in [0.25, 0.3) is 0 Å². The molecule has 0 amide bonds. The quantitative estimate of drug-likeness (QED) is 0.445. The van der Waals surface area contributed by atoms with Crippen LogP contribution in [-0.2, 0) is 11.3 Å². The van der Waals surface area contributed by atoms with Gasteiger partial charge in [-0.05, 0) is 26.3 Å². The zero-order chi connectivity index (χ0) is 12.0. The molecule has 0 atom stereocenters. The highest BCUT2D eigenvalue weighted by Gasteiger charge is 2.18. The van der Waals surface area contributed by atoms with Crippen LogP contribution in [0.4, 0.5) is 0 Å². The Kier molecular flexibility index (Phi) is 4.52. The molecule has 0 heterocycles. The molecule has 0 saturated carbocycles. The molecule has 0 N–H and O–H groups in total. The van der Waals surface area contributed by atoms with Gasteiger partial charge in [0.15, 0.2) is 0 Å². The van der Waals surface area contributed by atoms with E-state index in [9.17, 15) is 4.21 Å². The molecule has 0 aliphatic heterocycles. The molecule has 1 nitrogen and oxygen atoms in total. The molecule has 0 unspecified atom stereocenters. The molecule has 0 radical (unpaired) electrons. The molecule has 1 aromatic rings. The van der Waals surface area contributed by atoms with E-state index in [0.29, 0.717) is 17.7 Å². The highest BCUT2D eigenvalue weighted by atomic mass is 32.1. The molecule has 1 aromatic carbocycles. The van der Waals surface area contributed by atoms with Crippen LogP contribution in [0.2, 0.25) is 0 Å². The van der Waals surface area contributed by atoms with Gasteiger partial charge in [0.2, 0.25) is 0 Å². The van der Waals surface area contributed by atoms with Crippen molar-refractivity contribution in [2.24, 2.45) is 5.41 Å². The normalized spacial score (nSPS) is 10.2. The Morgan fingerprint density at radius 1 is 1.31 bits per heavy atom. The maximum Gasteiger partial charge on any atom is 0.0927 e. The van der Waals surface area contributed by atoms with E-state index in [0.717, 1.165) is 10.4 Å². The van der Waals surface area contributed by atoms with Gasteiger partial charge in [-0.25, -0.2) is 4.21 Å². The maximum atomic E-state index is 11.1. The summed E-state index contributed by atoms with van der Waals surface area (Å²) in [7, 11) is 0. The van der Waals surface area contributed by atoms with Gasteiger partial charge >= 0.3 is 0 Å². The predicted molar refractivity (Wildman–Crippen MR) is 70.5 cm³/mol. The summed E-state index contributed by atoms with van der Waals surface area (Å²) in [6.45, 7) is 5.94. The zero-order valence-electron chi connectivity index (χ0n) is 9.91. The molecule has 2 heteroatoms. The van der Waals surface area contributed by atoms with Crippen molar-refractivity contribution in [3.05, 3.63) is 35.9 Å². The summed E-state index contributed by atoms with van der Waals surface area (Å²) in [6, 6.07) is 9.78. The van der Waals surface area contributed by atoms with Crippen molar-refractivity contribution in [2.75, 3.05) is 0 Å². The average Bonchev–Trinajstić information content (AvgIpc) is 2.27. The van der Waals surface area contributed by atoms with E-state index in [1.807, 2.05) is 37.3 Å². The van der Waals surface area contributed by atoms with Gasteiger partial charge in [0, 0.05) is 11.8 Å². The molecular formula is C14H16OS. The second-order valence-electron chi connectivity index (χ2n) is 4.31. The molecule has 0 aromatic heterocycles. The van der Waals surface area contributed by atoms with E-state index in [4.69, 9.17) is 0 Å². The Labute approximate surface area is 101 Å². The summed E-state index contributed by atoms with van der Waals surface area (Å²) in [4.78, 5) is 0.855. The second-order valence-corrected chi connectivity index (χ2v) is 4.97. The van der Waals surface area contributed by atoms with Crippen molar-refractivity contribution < 1.29 is 4.21 Å². The SMILES string of the molecule is CC#CC(C)(C)CC(=S=O)c1ccccc1. The molecule has 0 saturated heterocycles. The maximum absolute atomic E-state index is 11.1. The van der Waals surface area contributed by atoms with Crippen LogP contribution < -0.4 is 0 Å². The van der Waals surface area contributed by atoms with Crippen molar-refractivity contribution in [3.63, 3.8) is 0 Å². The summed E-state index contributed by atoms with van der Waals surface area (Å²) >= 11 is 0.575. The van der Waals surface area contributed by atoms with Gasteiger partial charge in [0.25, 0.3) is 0 Å². The summed E-state index contributed by atoms with van der Waals surface area (Å²) in [5, 5.41) is 0. The Balaban J connectivity index is 2.95. The highest BCUT2D eigenvalue weighted by molar-refractivity contribution is 7.67. The molecule has 0 aliphatic rings. The lowest BCUT2D eigenvalue weighted by molar-refractivity contribution is 0.531. The molecule has 1 rings (SSSR count). The minimum Gasteiger partial charge on any atom is -0.212 e. The number of benzene rings is 1. The standard InChI is InChI=1S/C14H16OS/c1-4-10-14(2,3)11-13(16-15)12-8-6-5-7-9-12/h5-9H,11H2,1-3H3. The van der Waals surface area contributed by atoms with Crippen molar-refractivity contribution in [1.29, 1.82) is 0 Å². The summed E-state index contributed by atoms with van der Waals surface area (Å²) in [5.74, 6) is 6.05. The van der Waals surface area contributed by atoms with Crippen LogP contribution in [0.1, 0.15) is 32.8 Å². The summed E-state index contributed by atoms with van der Waals surface area (Å²) in [6.07, 6.45) is 0.700. The molecular weight excluding hydrogens is 216 g/mol. The van der Waals surface area contributed by atoms with Gasteiger partial charge in [-0.1, -0.05) is 36.3 Å². The van der Waals surface area contributed by atoms with Crippen LogP contribution in [0.5, 0.6) is 0 Å². The Hall–Kier alpha value is -1.33. The van der Waals surface area contributed by atoms with Gasteiger partial charge in [-0.2, -0.15) is 0 Å². The van der Waals surface area contributed by atoms with Crippen LogP contribution in [0.3, 0.4) is 0 Å². The second kappa shape index (κ2) is 5.67. The van der Waals surface area contributed by atoms with Crippen LogP contribution in [0, 0.1) is 17.3 Å². The molecule has 0 bridgehead atoms. The fourth-order valence-electron chi connectivity index (χ4n) is 1.59. The van der Waals surface area contributed by atoms with E-state index in [1.54, 1.807) is 0 Å². The minimum absolute atomic E-state index is 0.142. The molecule has 0 spiro atoms. The lowest BCUT2D eigenvalue weighted by Gasteiger charge is -2.17. The topological polar surface area (TPSA) is 17.1 Å². The van der Waals surface area contributed by atoms with Crippen molar-refractivity contribution in [1.82, 2.24) is 0 Å². The largest absolute Gasteiger partial charge is 0.212 e. The van der Waals surface area contributed by atoms with Crippen LogP contribution >= 0.6 is 0 Å². The molecule has 0 aliphatic carbocycles. The lowest BCUT2D eigenvalue weighted by Crippen LogP contribution is -2.15. The first-order valence-electron chi connectivity index (χ1n) is 5.24. The first kappa shape index (κ1) is 12.7. The fourth-order valence-corrected chi connectivity index (χ4v) is 2.24. The van der Waals surface area contributed by atoms with Gasteiger partial charge in [-0.3, -0.25) is 0 Å². The van der Waals surface area contributed by atoms with Crippen LogP contribution in [0.15, 0.2) is 30.3 Å². The third-order valence-electron chi connectivity index (χ3n) is 2.26. The zero-order valence-corrected chi connectivity index (χ0v) is 10.7. The highest BCUT2D eigenvalue weighted by Crippen LogP contribution is 2.21. The van der Waals surface area contributed by atoms with Crippen molar-refractivity contribution in [2.45, 2.75) is 27.2 Å². The number of hydrogen-bond acceptors (Lipinski definition) is 1. The third kappa shape index (κ3) is 3.67. The van der Waals surface area contributed by atoms with E-state index >= 15 is 0 Å². The fraction of sp³-hybridized carbons (Fsp3) is 0.357. The summed E-state index contributed by atoms with van der Waals surface area (Å²) in [5.41, 5.74) is 0.866. The third-order valence-corrected chi connectivity index (χ3v) is 2.84. The van der Waals surface area contributed by atoms with E-state index in [1.165, 1.54) is 0 Å². The first-order valence-corrected chi connectivity index (χ1v) is 5.98. The van der Waals surface area contributed by atoms with E-state index in [-0.39, 0.29) is 5.41 Å². The Bertz CT molecular complexity index is 457. The number of hydrogen-bond donors (Lipinski definition) is 0. The van der Waals surface area contributed by atoms with Gasteiger partial charge in [-0.15, -0.1) is 5.92 Å². The van der Waals surface area contributed by atoms with Crippen molar-refractivity contribution >= 4 is 16.1 Å². The monoisotopic (exact) mass is 232 g/mol. The van der Waals surface area contributed by atoms with Gasteiger partial charge in [0.1, 0.15) is 0 Å². The van der Waals surface area contributed by atoms with Crippen LogP contribution in [-0.4, -0.2) is 9.07 Å². The summed E-state index contributed by atoms with van der Waals surface area (Å²) < 4.78 is 11.1. The molecule has 0 fully saturated rings. The lowest BCUT2D eigenvalue weighted by atomic mass is 9.87. The van der Waals surface area contributed by atoms with Crippen molar-refractivity contribution in [3.8, 4) is 11.8 Å². The Morgan fingerprint density at radius 2 is 1.94 bits per heavy atom. The van der Waals surface area contributed by atoms with E-state index < -0.39 is 0 Å². The van der Waals surface area contributed by atoms with Gasteiger partial charge < -0.3 is 0 Å². The average molecular weight is 232 g/mol. The first-order chi connectivity index (χ1) is 7.59. The smallest absolute Gasteiger partial charge is 0.0927 e.